The largest absolute Gasteiger partial charge is 0.360 e. The lowest BCUT2D eigenvalue weighted by Crippen LogP contribution is -2.43. The standard InChI is InChI=1S/C15H23N3O3S/c1-10-6-4-5-7-18(10)14(19)9-22-12(3)15(20)16-13-8-11(2)21-17-13/h8,10,12H,4-7,9H2,1-3H3,(H,16,17,20)/t10-,12-/m1/s1. The molecule has 0 saturated carbocycles. The van der Waals surface area contributed by atoms with Gasteiger partial charge in [0.05, 0.1) is 11.0 Å². The van der Waals surface area contributed by atoms with Gasteiger partial charge in [-0.2, -0.15) is 0 Å². The number of carbonyl (C=O) groups is 2. The first kappa shape index (κ1) is 16.9. The molecule has 7 heteroatoms. The summed E-state index contributed by atoms with van der Waals surface area (Å²) in [6.07, 6.45) is 3.33. The molecular formula is C15H23N3O3S. The number of hydrogen-bond acceptors (Lipinski definition) is 5. The predicted octanol–water partition coefficient (Wildman–Crippen LogP) is 2.44. The highest BCUT2D eigenvalue weighted by molar-refractivity contribution is 8.01. The Morgan fingerprint density at radius 3 is 2.95 bits per heavy atom. The summed E-state index contributed by atoms with van der Waals surface area (Å²) in [6, 6.07) is 1.97. The van der Waals surface area contributed by atoms with Gasteiger partial charge in [0.25, 0.3) is 0 Å². The van der Waals surface area contributed by atoms with Gasteiger partial charge in [-0.1, -0.05) is 5.16 Å². The van der Waals surface area contributed by atoms with Crippen LogP contribution in [0.2, 0.25) is 0 Å². The number of carbonyl (C=O) groups excluding carboxylic acids is 2. The maximum absolute atomic E-state index is 12.2. The summed E-state index contributed by atoms with van der Waals surface area (Å²) in [5.74, 6) is 1.33. The van der Waals surface area contributed by atoms with Gasteiger partial charge in [0.1, 0.15) is 5.76 Å². The Balaban J connectivity index is 1.77. The normalized spacial score (nSPS) is 19.8. The molecule has 0 aliphatic carbocycles. The Hall–Kier alpha value is -1.50. The molecule has 1 saturated heterocycles. The third-order valence-electron chi connectivity index (χ3n) is 3.83. The van der Waals surface area contributed by atoms with Gasteiger partial charge in [0.2, 0.25) is 11.8 Å². The van der Waals surface area contributed by atoms with E-state index < -0.39 is 0 Å². The molecule has 6 nitrogen and oxygen atoms in total. The summed E-state index contributed by atoms with van der Waals surface area (Å²) in [5.41, 5.74) is 0. The number of rotatable bonds is 5. The van der Waals surface area contributed by atoms with Crippen LogP contribution in [-0.4, -0.2) is 45.5 Å². The lowest BCUT2D eigenvalue weighted by Gasteiger charge is -2.33. The minimum atomic E-state index is -0.318. The third-order valence-corrected chi connectivity index (χ3v) is 4.96. The van der Waals surface area contributed by atoms with E-state index in [4.69, 9.17) is 4.52 Å². The van der Waals surface area contributed by atoms with Gasteiger partial charge in [-0.25, -0.2) is 0 Å². The van der Waals surface area contributed by atoms with E-state index in [-0.39, 0.29) is 17.1 Å². The summed E-state index contributed by atoms with van der Waals surface area (Å²) >= 11 is 1.35. The van der Waals surface area contributed by atoms with Crippen molar-refractivity contribution < 1.29 is 14.1 Å². The van der Waals surface area contributed by atoms with Gasteiger partial charge in [-0.05, 0) is 40.0 Å². The number of hydrogen-bond donors (Lipinski definition) is 1. The van der Waals surface area contributed by atoms with Crippen LogP contribution in [0.3, 0.4) is 0 Å². The Labute approximate surface area is 135 Å². The van der Waals surface area contributed by atoms with E-state index in [0.29, 0.717) is 23.4 Å². The zero-order valence-corrected chi connectivity index (χ0v) is 14.1. The number of thioether (sulfide) groups is 1. The molecule has 0 radical (unpaired) electrons. The Morgan fingerprint density at radius 2 is 2.32 bits per heavy atom. The van der Waals surface area contributed by atoms with Crippen LogP contribution in [0.15, 0.2) is 10.6 Å². The minimum absolute atomic E-state index is 0.120. The molecular weight excluding hydrogens is 302 g/mol. The van der Waals surface area contributed by atoms with Gasteiger partial charge < -0.3 is 14.7 Å². The van der Waals surface area contributed by atoms with Crippen LogP contribution < -0.4 is 5.32 Å². The van der Waals surface area contributed by atoms with Crippen LogP contribution in [-0.2, 0) is 9.59 Å². The highest BCUT2D eigenvalue weighted by atomic mass is 32.2. The molecule has 0 aromatic carbocycles. The number of anilines is 1. The van der Waals surface area contributed by atoms with Crippen molar-refractivity contribution in [1.29, 1.82) is 0 Å². The van der Waals surface area contributed by atoms with Crippen molar-refractivity contribution in [1.82, 2.24) is 10.1 Å². The zero-order chi connectivity index (χ0) is 16.1. The molecule has 1 aliphatic heterocycles. The molecule has 1 N–H and O–H groups in total. The Kier molecular flexibility index (Phi) is 5.88. The molecule has 1 fully saturated rings. The predicted molar refractivity (Wildman–Crippen MR) is 86.8 cm³/mol. The van der Waals surface area contributed by atoms with Crippen molar-refractivity contribution in [3.63, 3.8) is 0 Å². The second-order valence-electron chi connectivity index (χ2n) is 5.70. The Bertz CT molecular complexity index is 532. The molecule has 22 heavy (non-hydrogen) atoms. The number of piperidine rings is 1. The van der Waals surface area contributed by atoms with Crippen molar-refractivity contribution in [3.8, 4) is 0 Å². The number of nitrogens with zero attached hydrogens (tertiary/aromatic N) is 2. The number of likely N-dealkylation sites (tertiary alicyclic amines) is 1. The second-order valence-corrected chi connectivity index (χ2v) is 7.03. The third kappa shape index (κ3) is 4.50. The van der Waals surface area contributed by atoms with E-state index in [1.54, 1.807) is 19.9 Å². The maximum Gasteiger partial charge on any atom is 0.238 e. The summed E-state index contributed by atoms with van der Waals surface area (Å²) in [5, 5.41) is 6.09. The lowest BCUT2D eigenvalue weighted by atomic mass is 10.0. The fraction of sp³-hybridized carbons (Fsp3) is 0.667. The SMILES string of the molecule is Cc1cc(NC(=O)[C@@H](C)SCC(=O)N2CCCC[C@H]2C)no1. The molecule has 1 aromatic rings. The number of amides is 2. The molecule has 2 heterocycles. The fourth-order valence-electron chi connectivity index (χ4n) is 2.48. The van der Waals surface area contributed by atoms with Gasteiger partial charge in [0, 0.05) is 18.7 Å². The summed E-state index contributed by atoms with van der Waals surface area (Å²) in [4.78, 5) is 26.2. The van der Waals surface area contributed by atoms with Crippen LogP contribution in [0.5, 0.6) is 0 Å². The van der Waals surface area contributed by atoms with E-state index >= 15 is 0 Å². The average Bonchev–Trinajstić information content (AvgIpc) is 2.90. The second kappa shape index (κ2) is 7.67. The summed E-state index contributed by atoms with van der Waals surface area (Å²) in [6.45, 7) is 6.48. The van der Waals surface area contributed by atoms with Gasteiger partial charge in [0.15, 0.2) is 5.82 Å². The number of nitrogens with one attached hydrogen (secondary N) is 1. The highest BCUT2D eigenvalue weighted by Crippen LogP contribution is 2.20. The number of aromatic nitrogens is 1. The lowest BCUT2D eigenvalue weighted by molar-refractivity contribution is -0.131. The van der Waals surface area contributed by atoms with Crippen LogP contribution in [0.25, 0.3) is 0 Å². The Morgan fingerprint density at radius 1 is 1.55 bits per heavy atom. The number of aryl methyl sites for hydroxylation is 1. The van der Waals surface area contributed by atoms with E-state index in [0.717, 1.165) is 19.4 Å². The van der Waals surface area contributed by atoms with Crippen LogP contribution >= 0.6 is 11.8 Å². The smallest absolute Gasteiger partial charge is 0.238 e. The van der Waals surface area contributed by atoms with Gasteiger partial charge in [-0.15, -0.1) is 11.8 Å². The highest BCUT2D eigenvalue weighted by Gasteiger charge is 2.24. The molecule has 2 atom stereocenters. The summed E-state index contributed by atoms with van der Waals surface area (Å²) < 4.78 is 4.90. The first-order valence-electron chi connectivity index (χ1n) is 7.62. The average molecular weight is 325 g/mol. The molecule has 0 spiro atoms. The van der Waals surface area contributed by atoms with Gasteiger partial charge in [-0.3, -0.25) is 9.59 Å². The fourth-order valence-corrected chi connectivity index (χ4v) is 3.25. The molecule has 122 valence electrons. The van der Waals surface area contributed by atoms with Gasteiger partial charge >= 0.3 is 0 Å². The zero-order valence-electron chi connectivity index (χ0n) is 13.3. The maximum atomic E-state index is 12.2. The quantitative estimate of drug-likeness (QED) is 0.900. The molecule has 1 aromatic heterocycles. The topological polar surface area (TPSA) is 75.4 Å². The van der Waals surface area contributed by atoms with E-state index in [2.05, 4.69) is 17.4 Å². The van der Waals surface area contributed by atoms with Crippen molar-refractivity contribution in [2.75, 3.05) is 17.6 Å². The van der Waals surface area contributed by atoms with Crippen molar-refractivity contribution in [3.05, 3.63) is 11.8 Å². The van der Waals surface area contributed by atoms with Crippen molar-refractivity contribution in [2.24, 2.45) is 0 Å². The minimum Gasteiger partial charge on any atom is -0.360 e. The molecule has 1 aliphatic rings. The van der Waals surface area contributed by atoms with E-state index in [1.807, 2.05) is 4.90 Å². The molecule has 2 rings (SSSR count). The van der Waals surface area contributed by atoms with Crippen LogP contribution in [0, 0.1) is 6.92 Å². The van der Waals surface area contributed by atoms with Crippen LogP contribution in [0.4, 0.5) is 5.82 Å². The first-order valence-corrected chi connectivity index (χ1v) is 8.67. The van der Waals surface area contributed by atoms with E-state index in [9.17, 15) is 9.59 Å². The molecule has 0 unspecified atom stereocenters. The molecule has 2 amide bonds. The molecule has 0 bridgehead atoms. The van der Waals surface area contributed by atoms with Crippen molar-refractivity contribution >= 4 is 29.4 Å². The monoisotopic (exact) mass is 325 g/mol. The van der Waals surface area contributed by atoms with Crippen LogP contribution in [0.1, 0.15) is 38.9 Å². The first-order chi connectivity index (χ1) is 10.5. The summed E-state index contributed by atoms with van der Waals surface area (Å²) in [7, 11) is 0. The van der Waals surface area contributed by atoms with Crippen molar-refractivity contribution in [2.45, 2.75) is 51.3 Å². The van der Waals surface area contributed by atoms with E-state index in [1.165, 1.54) is 18.2 Å².